The molecule has 3 rings (SSSR count). The van der Waals surface area contributed by atoms with Crippen LogP contribution in [0.4, 0.5) is 11.4 Å². The van der Waals surface area contributed by atoms with Gasteiger partial charge in [-0.3, -0.25) is 9.52 Å². The van der Waals surface area contributed by atoms with E-state index < -0.39 is 31.4 Å². The van der Waals surface area contributed by atoms with Gasteiger partial charge in [0.15, 0.2) is 0 Å². The Balaban J connectivity index is 1.96. The van der Waals surface area contributed by atoms with Crippen LogP contribution in [0.15, 0.2) is 47.4 Å². The van der Waals surface area contributed by atoms with Gasteiger partial charge in [0.1, 0.15) is 5.75 Å². The summed E-state index contributed by atoms with van der Waals surface area (Å²) < 4.78 is 60.0. The second-order valence-corrected chi connectivity index (χ2v) is 11.9. The molecule has 0 atom stereocenters. The molecule has 168 valence electrons. The van der Waals surface area contributed by atoms with Crippen LogP contribution in [0.1, 0.15) is 33.3 Å². The number of hydrogen-bond acceptors (Lipinski definition) is 6. The summed E-state index contributed by atoms with van der Waals surface area (Å²) in [5, 5.41) is 0. The maximum Gasteiger partial charge on any atom is 0.262 e. The first-order valence-electron chi connectivity index (χ1n) is 9.71. The minimum absolute atomic E-state index is 0.0288. The molecule has 1 heterocycles. The van der Waals surface area contributed by atoms with Crippen molar-refractivity contribution in [1.82, 2.24) is 0 Å². The fourth-order valence-corrected chi connectivity index (χ4v) is 6.83. The van der Waals surface area contributed by atoms with Crippen molar-refractivity contribution in [3.63, 3.8) is 0 Å². The molecule has 0 radical (unpaired) electrons. The van der Waals surface area contributed by atoms with E-state index in [2.05, 4.69) is 4.72 Å². The first kappa shape index (κ1) is 23.1. The van der Waals surface area contributed by atoms with Crippen molar-refractivity contribution in [2.45, 2.75) is 45.6 Å². The number of rotatable bonds is 6. The lowest BCUT2D eigenvalue weighted by molar-refractivity contribution is -0.123. The predicted molar refractivity (Wildman–Crippen MR) is 119 cm³/mol. The number of hydrogen-bond donors (Lipinski definition) is 1. The predicted octanol–water partition coefficient (Wildman–Crippen LogP) is 3.29. The van der Waals surface area contributed by atoms with Crippen molar-refractivity contribution in [2.75, 3.05) is 14.8 Å². The van der Waals surface area contributed by atoms with E-state index in [1.165, 1.54) is 18.2 Å². The van der Waals surface area contributed by atoms with Crippen LogP contribution in [0.3, 0.4) is 0 Å². The Hall–Kier alpha value is -2.59. The Labute approximate surface area is 183 Å². The van der Waals surface area contributed by atoms with Gasteiger partial charge in [-0.15, -0.1) is 0 Å². The number of amides is 1. The molecule has 2 aromatic carbocycles. The number of anilines is 2. The first-order valence-corrected chi connectivity index (χ1v) is 12.8. The highest BCUT2D eigenvalue weighted by atomic mass is 32.2. The minimum Gasteiger partial charge on any atom is -0.489 e. The van der Waals surface area contributed by atoms with E-state index >= 15 is 0 Å². The van der Waals surface area contributed by atoms with E-state index in [9.17, 15) is 21.6 Å². The molecule has 31 heavy (non-hydrogen) atoms. The van der Waals surface area contributed by atoms with E-state index in [1.807, 2.05) is 13.8 Å². The molecule has 0 saturated carbocycles. The zero-order valence-corrected chi connectivity index (χ0v) is 19.7. The van der Waals surface area contributed by atoms with E-state index in [0.29, 0.717) is 17.0 Å². The summed E-state index contributed by atoms with van der Waals surface area (Å²) in [7, 11) is -7.82. The molecule has 1 amide bonds. The maximum atomic E-state index is 13.0. The summed E-state index contributed by atoms with van der Waals surface area (Å²) >= 11 is 0. The van der Waals surface area contributed by atoms with Crippen molar-refractivity contribution >= 4 is 37.3 Å². The highest BCUT2D eigenvalue weighted by Gasteiger charge is 2.50. The van der Waals surface area contributed by atoms with Gasteiger partial charge in [-0.25, -0.2) is 21.1 Å². The van der Waals surface area contributed by atoms with E-state index in [-0.39, 0.29) is 22.4 Å². The summed E-state index contributed by atoms with van der Waals surface area (Å²) in [6.45, 7) is 8.36. The van der Waals surface area contributed by atoms with Crippen molar-refractivity contribution in [1.29, 1.82) is 0 Å². The first-order chi connectivity index (χ1) is 14.2. The molecule has 1 saturated heterocycles. The summed E-state index contributed by atoms with van der Waals surface area (Å²) in [6.07, 6.45) is -0.143. The van der Waals surface area contributed by atoms with E-state index in [4.69, 9.17) is 4.74 Å². The molecule has 0 unspecified atom stereocenters. The molecular formula is C21H26N2O6S2. The van der Waals surface area contributed by atoms with Gasteiger partial charge in [0, 0.05) is 0 Å². The maximum absolute atomic E-state index is 13.0. The number of nitrogens with one attached hydrogen (secondary N) is 1. The van der Waals surface area contributed by atoms with E-state index in [1.54, 1.807) is 45.0 Å². The second kappa shape index (κ2) is 7.83. The Bertz CT molecular complexity index is 1230. The number of para-hydroxylation sites is 2. The molecule has 8 nitrogen and oxygen atoms in total. The SMILES string of the molecule is Cc1cc(N2C(=O)C(C)(C)CS2(=O)=O)ccc1S(=O)(=O)Nc1ccccc1OC(C)C. The summed E-state index contributed by atoms with van der Waals surface area (Å²) in [5.74, 6) is -0.446. The molecule has 1 fully saturated rings. The van der Waals surface area contributed by atoms with Crippen LogP contribution in [0.2, 0.25) is 0 Å². The van der Waals surface area contributed by atoms with Gasteiger partial charge in [0.05, 0.1) is 33.5 Å². The highest BCUT2D eigenvalue weighted by molar-refractivity contribution is 7.94. The van der Waals surface area contributed by atoms with Gasteiger partial charge in [0.25, 0.3) is 10.0 Å². The van der Waals surface area contributed by atoms with Gasteiger partial charge in [-0.05, 0) is 70.5 Å². The van der Waals surface area contributed by atoms with Gasteiger partial charge >= 0.3 is 0 Å². The highest BCUT2D eigenvalue weighted by Crippen LogP contribution is 2.37. The van der Waals surface area contributed by atoms with Crippen LogP contribution >= 0.6 is 0 Å². The minimum atomic E-state index is -3.99. The third kappa shape index (κ3) is 4.54. The third-order valence-corrected chi connectivity index (χ3v) is 8.31. The average molecular weight is 467 g/mol. The van der Waals surface area contributed by atoms with Crippen molar-refractivity contribution < 1.29 is 26.4 Å². The van der Waals surface area contributed by atoms with Crippen LogP contribution in [0, 0.1) is 12.3 Å². The van der Waals surface area contributed by atoms with Crippen molar-refractivity contribution in [2.24, 2.45) is 5.41 Å². The second-order valence-electron chi connectivity index (χ2n) is 8.43. The monoisotopic (exact) mass is 466 g/mol. The standard InChI is InChI=1S/C21H26N2O6S2/c1-14(2)29-18-9-7-6-8-17(18)22-31(27,28)19-11-10-16(12-15(19)3)23-20(24)21(4,5)13-30(23,25)26/h6-12,14,22H,13H2,1-5H3. The van der Waals surface area contributed by atoms with Crippen LogP contribution in [0.25, 0.3) is 0 Å². The zero-order valence-electron chi connectivity index (χ0n) is 18.0. The molecule has 0 aliphatic carbocycles. The lowest BCUT2D eigenvalue weighted by Crippen LogP contribution is -2.33. The van der Waals surface area contributed by atoms with Crippen LogP contribution in [-0.4, -0.2) is 34.6 Å². The fraction of sp³-hybridized carbons (Fsp3) is 0.381. The molecule has 0 spiro atoms. The average Bonchev–Trinajstić information content (AvgIpc) is 2.78. The molecule has 2 aromatic rings. The topological polar surface area (TPSA) is 110 Å². The lowest BCUT2D eigenvalue weighted by Gasteiger charge is -2.19. The smallest absolute Gasteiger partial charge is 0.262 e. The van der Waals surface area contributed by atoms with Gasteiger partial charge in [-0.1, -0.05) is 12.1 Å². The molecule has 10 heteroatoms. The Kier molecular flexibility index (Phi) is 5.83. The number of carbonyl (C=O) groups excluding carboxylic acids is 1. The number of carbonyl (C=O) groups is 1. The Morgan fingerprint density at radius 2 is 1.77 bits per heavy atom. The van der Waals surface area contributed by atoms with Gasteiger partial charge < -0.3 is 4.74 Å². The summed E-state index contributed by atoms with van der Waals surface area (Å²) in [4.78, 5) is 12.6. The number of sulfonamides is 2. The van der Waals surface area contributed by atoms with E-state index in [0.717, 1.165) is 4.31 Å². The Morgan fingerprint density at radius 3 is 2.32 bits per heavy atom. The molecule has 0 bridgehead atoms. The number of ether oxygens (including phenoxy) is 1. The van der Waals surface area contributed by atoms with Crippen molar-refractivity contribution in [3.8, 4) is 5.75 Å². The number of aryl methyl sites for hydroxylation is 1. The van der Waals surface area contributed by atoms with Crippen LogP contribution in [0.5, 0.6) is 5.75 Å². The lowest BCUT2D eigenvalue weighted by atomic mass is 9.95. The van der Waals surface area contributed by atoms with Gasteiger partial charge in [0.2, 0.25) is 15.9 Å². The molecule has 1 aliphatic heterocycles. The van der Waals surface area contributed by atoms with Crippen LogP contribution in [-0.2, 0) is 24.8 Å². The fourth-order valence-electron chi connectivity index (χ4n) is 3.43. The van der Waals surface area contributed by atoms with Crippen molar-refractivity contribution in [3.05, 3.63) is 48.0 Å². The molecule has 1 N–H and O–H groups in total. The summed E-state index contributed by atoms with van der Waals surface area (Å²) in [6, 6.07) is 10.7. The summed E-state index contributed by atoms with van der Waals surface area (Å²) in [5.41, 5.74) is -0.326. The van der Waals surface area contributed by atoms with Crippen LogP contribution < -0.4 is 13.8 Å². The zero-order chi connectivity index (χ0) is 23.2. The molecule has 1 aliphatic rings. The Morgan fingerprint density at radius 1 is 1.13 bits per heavy atom. The third-order valence-electron chi connectivity index (χ3n) is 4.76. The largest absolute Gasteiger partial charge is 0.489 e. The molecule has 0 aromatic heterocycles. The normalized spacial score (nSPS) is 17.7. The van der Waals surface area contributed by atoms with Gasteiger partial charge in [-0.2, -0.15) is 0 Å². The number of benzene rings is 2. The number of nitrogens with zero attached hydrogens (tertiary/aromatic N) is 1. The quantitative estimate of drug-likeness (QED) is 0.700. The molecular weight excluding hydrogens is 440 g/mol.